The van der Waals surface area contributed by atoms with E-state index >= 15 is 0 Å². The summed E-state index contributed by atoms with van der Waals surface area (Å²) in [7, 11) is 0. The predicted octanol–water partition coefficient (Wildman–Crippen LogP) is 3.72. The number of amides is 1. The van der Waals surface area contributed by atoms with E-state index in [1.807, 2.05) is 12.1 Å². The molecule has 0 heterocycles. The highest BCUT2D eigenvalue weighted by Gasteiger charge is 2.14. The molecule has 0 aliphatic rings. The van der Waals surface area contributed by atoms with Gasteiger partial charge in [0.2, 0.25) is 0 Å². The summed E-state index contributed by atoms with van der Waals surface area (Å²) in [5.74, 6) is -0.981. The van der Waals surface area contributed by atoms with Crippen molar-refractivity contribution in [2.45, 2.75) is 26.2 Å². The number of carbonyl (C=O) groups excluding carboxylic acids is 1. The molecule has 0 saturated heterocycles. The minimum absolute atomic E-state index is 0.000242. The van der Waals surface area contributed by atoms with E-state index < -0.39 is 11.7 Å². The van der Waals surface area contributed by atoms with Gasteiger partial charge in [-0.25, -0.2) is 9.82 Å². The second kappa shape index (κ2) is 7.70. The summed E-state index contributed by atoms with van der Waals surface area (Å²) in [4.78, 5) is 12.2. The highest BCUT2D eigenvalue weighted by Crippen LogP contribution is 2.22. The van der Waals surface area contributed by atoms with Crippen molar-refractivity contribution >= 4 is 17.8 Å². The van der Waals surface area contributed by atoms with Gasteiger partial charge < -0.3 is 5.21 Å². The third-order valence-corrected chi connectivity index (χ3v) is 3.62. The molecule has 0 unspecified atom stereocenters. The zero-order valence-electron chi connectivity index (χ0n) is 14.3. The summed E-state index contributed by atoms with van der Waals surface area (Å²) in [6, 6.07) is 13.0. The van der Waals surface area contributed by atoms with Crippen LogP contribution in [0.5, 0.6) is 0 Å². The maximum Gasteiger partial charge on any atom is 0.271 e. The summed E-state index contributed by atoms with van der Waals surface area (Å²) in [5, 5.41) is 15.5. The fourth-order valence-electron chi connectivity index (χ4n) is 2.18. The first-order valence-corrected chi connectivity index (χ1v) is 7.74. The zero-order chi connectivity index (χ0) is 18.4. The molecule has 0 fully saturated rings. The largest absolute Gasteiger partial charge is 0.411 e. The molecule has 0 aliphatic heterocycles. The summed E-state index contributed by atoms with van der Waals surface area (Å²) in [6.45, 7) is 6.25. The van der Waals surface area contributed by atoms with Gasteiger partial charge in [0, 0.05) is 11.1 Å². The van der Waals surface area contributed by atoms with Gasteiger partial charge in [-0.2, -0.15) is 5.10 Å². The molecule has 5 nitrogen and oxygen atoms in total. The van der Waals surface area contributed by atoms with Crippen LogP contribution in [0.1, 0.15) is 42.3 Å². The SMILES string of the molecule is CC(C)(C)c1ccc(C(=O)N/N=C(\C=N/O)c2ccccc2F)cc1. The second-order valence-corrected chi connectivity index (χ2v) is 6.49. The number of nitrogens with zero attached hydrogens (tertiary/aromatic N) is 2. The van der Waals surface area contributed by atoms with Crippen molar-refractivity contribution < 1.29 is 14.4 Å². The van der Waals surface area contributed by atoms with E-state index in [2.05, 4.69) is 36.5 Å². The lowest BCUT2D eigenvalue weighted by Crippen LogP contribution is -2.21. The number of benzene rings is 2. The number of hydrogen-bond donors (Lipinski definition) is 2. The average Bonchev–Trinajstić information content (AvgIpc) is 2.58. The molecule has 25 heavy (non-hydrogen) atoms. The first kappa shape index (κ1) is 18.3. The number of rotatable bonds is 4. The van der Waals surface area contributed by atoms with Gasteiger partial charge in [-0.1, -0.05) is 50.2 Å². The Morgan fingerprint density at radius 3 is 2.32 bits per heavy atom. The van der Waals surface area contributed by atoms with Gasteiger partial charge in [-0.3, -0.25) is 4.79 Å². The number of nitrogens with one attached hydrogen (secondary N) is 1. The molecule has 2 N–H and O–H groups in total. The third-order valence-electron chi connectivity index (χ3n) is 3.62. The smallest absolute Gasteiger partial charge is 0.271 e. The molecule has 2 rings (SSSR count). The van der Waals surface area contributed by atoms with E-state index in [1.165, 1.54) is 18.2 Å². The third kappa shape index (κ3) is 4.73. The van der Waals surface area contributed by atoms with Crippen LogP contribution in [-0.4, -0.2) is 23.0 Å². The Balaban J connectivity index is 2.20. The van der Waals surface area contributed by atoms with Crippen molar-refractivity contribution in [3.05, 3.63) is 71.0 Å². The fourth-order valence-corrected chi connectivity index (χ4v) is 2.18. The quantitative estimate of drug-likeness (QED) is 0.505. The van der Waals surface area contributed by atoms with E-state index in [9.17, 15) is 9.18 Å². The van der Waals surface area contributed by atoms with Crippen molar-refractivity contribution in [1.82, 2.24) is 5.43 Å². The Bertz CT molecular complexity index is 806. The molecule has 0 aromatic heterocycles. The minimum Gasteiger partial charge on any atom is -0.411 e. The number of carbonyl (C=O) groups is 1. The minimum atomic E-state index is -0.537. The van der Waals surface area contributed by atoms with Gasteiger partial charge in [0.25, 0.3) is 5.91 Å². The first-order chi connectivity index (χ1) is 11.8. The molecule has 6 heteroatoms. The Labute approximate surface area is 145 Å². The maximum atomic E-state index is 13.8. The van der Waals surface area contributed by atoms with Crippen LogP contribution in [0.15, 0.2) is 58.8 Å². The summed E-state index contributed by atoms with van der Waals surface area (Å²) >= 11 is 0. The predicted molar refractivity (Wildman–Crippen MR) is 95.8 cm³/mol. The van der Waals surface area contributed by atoms with Crippen molar-refractivity contribution in [3.8, 4) is 0 Å². The second-order valence-electron chi connectivity index (χ2n) is 6.49. The van der Waals surface area contributed by atoms with Crippen LogP contribution in [0, 0.1) is 5.82 Å². The van der Waals surface area contributed by atoms with Crippen LogP contribution in [0.3, 0.4) is 0 Å². The standard InChI is InChI=1S/C19H20FN3O2/c1-19(2,3)14-10-8-13(9-11-14)18(24)23-22-17(12-21-25)15-6-4-5-7-16(15)20/h4-12,25H,1-3H3,(H,23,24)/b21-12-,22-17+. The van der Waals surface area contributed by atoms with Gasteiger partial charge in [0.05, 0.1) is 6.21 Å². The Kier molecular flexibility index (Phi) is 5.64. The fraction of sp³-hybridized carbons (Fsp3) is 0.211. The van der Waals surface area contributed by atoms with Gasteiger partial charge >= 0.3 is 0 Å². The zero-order valence-corrected chi connectivity index (χ0v) is 14.3. The number of halogens is 1. The monoisotopic (exact) mass is 341 g/mol. The lowest BCUT2D eigenvalue weighted by molar-refractivity contribution is 0.0955. The van der Waals surface area contributed by atoms with Crippen molar-refractivity contribution in [1.29, 1.82) is 0 Å². The van der Waals surface area contributed by atoms with E-state index in [-0.39, 0.29) is 16.7 Å². The van der Waals surface area contributed by atoms with Crippen molar-refractivity contribution in [3.63, 3.8) is 0 Å². The highest BCUT2D eigenvalue weighted by atomic mass is 19.1. The molecule has 1 amide bonds. The first-order valence-electron chi connectivity index (χ1n) is 7.74. The molecular formula is C19H20FN3O2. The van der Waals surface area contributed by atoms with Gasteiger partial charge in [0.15, 0.2) is 0 Å². The van der Waals surface area contributed by atoms with E-state index in [0.717, 1.165) is 11.8 Å². The molecule has 0 bridgehead atoms. The van der Waals surface area contributed by atoms with Crippen molar-refractivity contribution in [2.75, 3.05) is 0 Å². The lowest BCUT2D eigenvalue weighted by atomic mass is 9.87. The Hall–Kier alpha value is -3.02. The number of oxime groups is 1. The van der Waals surface area contributed by atoms with E-state index in [4.69, 9.17) is 5.21 Å². The molecule has 0 radical (unpaired) electrons. The summed E-state index contributed by atoms with van der Waals surface area (Å²) in [5.41, 5.74) is 3.98. The molecule has 0 aliphatic carbocycles. The molecular weight excluding hydrogens is 321 g/mol. The molecule has 2 aromatic carbocycles. The molecule has 0 saturated carbocycles. The van der Waals surface area contributed by atoms with Crippen LogP contribution < -0.4 is 5.43 Å². The number of hydrogen-bond acceptors (Lipinski definition) is 4. The van der Waals surface area contributed by atoms with Gasteiger partial charge in [0.1, 0.15) is 11.5 Å². The maximum absolute atomic E-state index is 13.8. The summed E-state index contributed by atoms with van der Waals surface area (Å²) < 4.78 is 13.8. The van der Waals surface area contributed by atoms with Crippen LogP contribution in [0.2, 0.25) is 0 Å². The molecule has 0 spiro atoms. The molecule has 2 aromatic rings. The molecule has 130 valence electrons. The van der Waals surface area contributed by atoms with Crippen LogP contribution in [-0.2, 0) is 5.41 Å². The highest BCUT2D eigenvalue weighted by molar-refractivity contribution is 6.38. The topological polar surface area (TPSA) is 74.0 Å². The lowest BCUT2D eigenvalue weighted by Gasteiger charge is -2.18. The van der Waals surface area contributed by atoms with Crippen LogP contribution >= 0.6 is 0 Å². The van der Waals surface area contributed by atoms with Crippen molar-refractivity contribution in [2.24, 2.45) is 10.3 Å². The van der Waals surface area contributed by atoms with E-state index in [0.29, 0.717) is 5.56 Å². The Morgan fingerprint density at radius 2 is 1.76 bits per heavy atom. The van der Waals surface area contributed by atoms with Gasteiger partial charge in [-0.05, 0) is 35.2 Å². The average molecular weight is 341 g/mol. The van der Waals surface area contributed by atoms with Crippen LogP contribution in [0.25, 0.3) is 0 Å². The number of hydrazone groups is 1. The normalized spacial score (nSPS) is 12.4. The van der Waals surface area contributed by atoms with Crippen LogP contribution in [0.4, 0.5) is 4.39 Å². The summed E-state index contributed by atoms with van der Waals surface area (Å²) in [6.07, 6.45) is 0.960. The van der Waals surface area contributed by atoms with Gasteiger partial charge in [-0.15, -0.1) is 0 Å². The Morgan fingerprint density at radius 1 is 1.12 bits per heavy atom. The van der Waals surface area contributed by atoms with E-state index in [1.54, 1.807) is 18.2 Å². The molecule has 0 atom stereocenters.